The van der Waals surface area contributed by atoms with Gasteiger partial charge >= 0.3 is 0 Å². The molecule has 2 aliphatic heterocycles. The van der Waals surface area contributed by atoms with Gasteiger partial charge < -0.3 is 15.0 Å². The first-order valence-electron chi connectivity index (χ1n) is 9.34. The van der Waals surface area contributed by atoms with Crippen LogP contribution in [0, 0.1) is 0 Å². The largest absolute Gasteiger partial charge is 0.378 e. The molecule has 3 unspecified atom stereocenters. The van der Waals surface area contributed by atoms with Gasteiger partial charge in [-0.05, 0) is 72.0 Å². The fourth-order valence-electron chi connectivity index (χ4n) is 3.75. The average molecular weight is 296 g/mol. The van der Waals surface area contributed by atoms with Crippen LogP contribution < -0.4 is 5.32 Å². The van der Waals surface area contributed by atoms with Crippen molar-refractivity contribution in [2.45, 2.75) is 89.8 Å². The average Bonchev–Trinajstić information content (AvgIpc) is 2.48. The van der Waals surface area contributed by atoms with Gasteiger partial charge in [-0.2, -0.15) is 0 Å². The van der Waals surface area contributed by atoms with Crippen LogP contribution in [0.15, 0.2) is 0 Å². The van der Waals surface area contributed by atoms with Crippen molar-refractivity contribution < 1.29 is 4.74 Å². The van der Waals surface area contributed by atoms with Gasteiger partial charge in [0, 0.05) is 18.7 Å². The van der Waals surface area contributed by atoms with Gasteiger partial charge in [-0.3, -0.25) is 0 Å². The summed E-state index contributed by atoms with van der Waals surface area (Å²) in [7, 11) is 0. The normalized spacial score (nSPS) is 31.4. The number of likely N-dealkylation sites (tertiary alicyclic amines) is 1. The first kappa shape index (κ1) is 17.2. The molecule has 0 aromatic rings. The third-order valence-corrected chi connectivity index (χ3v) is 5.21. The van der Waals surface area contributed by atoms with Gasteiger partial charge in [0.1, 0.15) is 0 Å². The van der Waals surface area contributed by atoms with E-state index in [1.165, 1.54) is 70.9 Å². The Kier molecular flexibility index (Phi) is 8.05. The zero-order chi connectivity index (χ0) is 14.9. The molecule has 0 amide bonds. The van der Waals surface area contributed by atoms with Crippen molar-refractivity contribution in [3.63, 3.8) is 0 Å². The lowest BCUT2D eigenvalue weighted by molar-refractivity contribution is 0.0218. The minimum Gasteiger partial charge on any atom is -0.378 e. The quantitative estimate of drug-likeness (QED) is 0.693. The van der Waals surface area contributed by atoms with Crippen LogP contribution in [0.2, 0.25) is 0 Å². The maximum Gasteiger partial charge on any atom is 0.0602 e. The second-order valence-corrected chi connectivity index (χ2v) is 7.17. The van der Waals surface area contributed by atoms with Gasteiger partial charge in [-0.1, -0.05) is 19.3 Å². The molecule has 124 valence electrons. The van der Waals surface area contributed by atoms with E-state index in [1.807, 2.05) is 0 Å². The molecule has 0 saturated carbocycles. The molecule has 0 spiro atoms. The van der Waals surface area contributed by atoms with E-state index in [2.05, 4.69) is 24.1 Å². The Bertz CT molecular complexity index is 272. The minimum atomic E-state index is 0.510. The number of nitrogens with one attached hydrogen (secondary N) is 1. The molecule has 0 aromatic heterocycles. The number of rotatable bonds is 8. The van der Waals surface area contributed by atoms with Crippen LogP contribution in [0.3, 0.4) is 0 Å². The second-order valence-electron chi connectivity index (χ2n) is 7.17. The van der Waals surface area contributed by atoms with Gasteiger partial charge in [0.15, 0.2) is 0 Å². The molecule has 0 aliphatic carbocycles. The third kappa shape index (κ3) is 6.66. The Labute approximate surface area is 131 Å². The predicted molar refractivity (Wildman–Crippen MR) is 89.8 cm³/mol. The summed E-state index contributed by atoms with van der Waals surface area (Å²) in [6, 6.07) is 1.46. The summed E-state index contributed by atoms with van der Waals surface area (Å²) in [5.41, 5.74) is 0. The second kappa shape index (κ2) is 9.81. The van der Waals surface area contributed by atoms with Crippen molar-refractivity contribution in [2.24, 2.45) is 0 Å². The Morgan fingerprint density at radius 2 is 1.90 bits per heavy atom. The molecule has 3 nitrogen and oxygen atoms in total. The Morgan fingerprint density at radius 3 is 2.71 bits per heavy atom. The number of hydrogen-bond acceptors (Lipinski definition) is 3. The lowest BCUT2D eigenvalue weighted by atomic mass is 10.0. The van der Waals surface area contributed by atoms with Crippen molar-refractivity contribution in [1.29, 1.82) is 0 Å². The van der Waals surface area contributed by atoms with E-state index >= 15 is 0 Å². The van der Waals surface area contributed by atoms with Crippen LogP contribution in [-0.2, 0) is 4.74 Å². The maximum atomic E-state index is 6.02. The van der Waals surface area contributed by atoms with Crippen LogP contribution in [-0.4, -0.2) is 49.3 Å². The standard InChI is InChI=1S/C18H36N2O/c1-16-15-18(10-11-19-16)21-14-8-4-3-6-12-20-13-7-5-9-17(20)2/h16-19H,3-15H2,1-2H3. The van der Waals surface area contributed by atoms with E-state index < -0.39 is 0 Å². The SMILES string of the molecule is CC1CC(OCCCCCCN2CCCCC2C)CCN1. The van der Waals surface area contributed by atoms with E-state index in [1.54, 1.807) is 0 Å². The highest BCUT2D eigenvalue weighted by atomic mass is 16.5. The molecular weight excluding hydrogens is 260 g/mol. The number of unbranched alkanes of at least 4 members (excludes halogenated alkanes) is 3. The smallest absolute Gasteiger partial charge is 0.0602 e. The fraction of sp³-hybridized carbons (Fsp3) is 1.00. The summed E-state index contributed by atoms with van der Waals surface area (Å²) in [5, 5.41) is 3.48. The lowest BCUT2D eigenvalue weighted by Crippen LogP contribution is -2.39. The van der Waals surface area contributed by atoms with E-state index in [4.69, 9.17) is 4.74 Å². The monoisotopic (exact) mass is 296 g/mol. The molecule has 3 atom stereocenters. The van der Waals surface area contributed by atoms with Gasteiger partial charge in [0.05, 0.1) is 6.10 Å². The molecule has 2 fully saturated rings. The fourth-order valence-corrected chi connectivity index (χ4v) is 3.75. The van der Waals surface area contributed by atoms with Gasteiger partial charge in [0.2, 0.25) is 0 Å². The maximum absolute atomic E-state index is 6.02. The summed E-state index contributed by atoms with van der Waals surface area (Å²) in [6.07, 6.45) is 12.5. The van der Waals surface area contributed by atoms with Crippen LogP contribution in [0.1, 0.15) is 71.6 Å². The first-order valence-corrected chi connectivity index (χ1v) is 9.34. The van der Waals surface area contributed by atoms with Gasteiger partial charge in [0.25, 0.3) is 0 Å². The topological polar surface area (TPSA) is 24.5 Å². The molecule has 2 rings (SSSR count). The highest BCUT2D eigenvalue weighted by Gasteiger charge is 2.18. The van der Waals surface area contributed by atoms with Crippen molar-refractivity contribution in [1.82, 2.24) is 10.2 Å². The number of piperidine rings is 2. The molecule has 1 N–H and O–H groups in total. The lowest BCUT2D eigenvalue weighted by Gasteiger charge is -2.33. The third-order valence-electron chi connectivity index (χ3n) is 5.21. The minimum absolute atomic E-state index is 0.510. The highest BCUT2D eigenvalue weighted by Crippen LogP contribution is 2.17. The summed E-state index contributed by atoms with van der Waals surface area (Å²) in [4.78, 5) is 2.69. The van der Waals surface area contributed by atoms with Crippen molar-refractivity contribution >= 4 is 0 Å². The zero-order valence-electron chi connectivity index (χ0n) is 14.3. The van der Waals surface area contributed by atoms with Crippen LogP contribution in [0.25, 0.3) is 0 Å². The van der Waals surface area contributed by atoms with E-state index in [0.29, 0.717) is 12.1 Å². The molecular formula is C18H36N2O. The molecule has 0 radical (unpaired) electrons. The van der Waals surface area contributed by atoms with Crippen molar-refractivity contribution in [2.75, 3.05) is 26.2 Å². The molecule has 2 saturated heterocycles. The van der Waals surface area contributed by atoms with Gasteiger partial charge in [-0.15, -0.1) is 0 Å². The predicted octanol–water partition coefficient (Wildman–Crippen LogP) is 3.58. The van der Waals surface area contributed by atoms with Crippen LogP contribution in [0.5, 0.6) is 0 Å². The summed E-state index contributed by atoms with van der Waals surface area (Å²) in [5.74, 6) is 0. The molecule has 2 heterocycles. The van der Waals surface area contributed by atoms with E-state index in [0.717, 1.165) is 19.2 Å². The Balaban J connectivity index is 1.41. The van der Waals surface area contributed by atoms with Crippen molar-refractivity contribution in [3.8, 4) is 0 Å². The highest BCUT2D eigenvalue weighted by molar-refractivity contribution is 4.75. The first-order chi connectivity index (χ1) is 10.3. The molecule has 0 aromatic carbocycles. The molecule has 0 bridgehead atoms. The summed E-state index contributed by atoms with van der Waals surface area (Å²) in [6.45, 7) is 9.40. The Morgan fingerprint density at radius 1 is 1.05 bits per heavy atom. The zero-order valence-corrected chi connectivity index (χ0v) is 14.3. The molecule has 21 heavy (non-hydrogen) atoms. The molecule has 3 heteroatoms. The summed E-state index contributed by atoms with van der Waals surface area (Å²) < 4.78 is 6.02. The molecule has 2 aliphatic rings. The number of ether oxygens (including phenoxy) is 1. The Hall–Kier alpha value is -0.120. The van der Waals surface area contributed by atoms with E-state index in [-0.39, 0.29) is 0 Å². The van der Waals surface area contributed by atoms with Gasteiger partial charge in [-0.25, -0.2) is 0 Å². The number of nitrogens with zero attached hydrogens (tertiary/aromatic N) is 1. The van der Waals surface area contributed by atoms with E-state index in [9.17, 15) is 0 Å². The number of hydrogen-bond donors (Lipinski definition) is 1. The van der Waals surface area contributed by atoms with Crippen LogP contribution in [0.4, 0.5) is 0 Å². The van der Waals surface area contributed by atoms with Crippen LogP contribution >= 0.6 is 0 Å². The van der Waals surface area contributed by atoms with Crippen molar-refractivity contribution in [3.05, 3.63) is 0 Å². The summed E-state index contributed by atoms with van der Waals surface area (Å²) >= 11 is 0.